The Labute approximate surface area is 170 Å². The summed E-state index contributed by atoms with van der Waals surface area (Å²) in [5, 5.41) is 8.59. The number of morpholine rings is 1. The molecule has 0 bridgehead atoms. The van der Waals surface area contributed by atoms with Gasteiger partial charge in [0.05, 0.1) is 19.4 Å². The summed E-state index contributed by atoms with van der Waals surface area (Å²) in [5.41, 5.74) is 8.04. The molecule has 0 amide bonds. The van der Waals surface area contributed by atoms with Gasteiger partial charge in [0, 0.05) is 25.4 Å². The molecule has 2 aromatic carbocycles. The molecule has 7 heteroatoms. The highest BCUT2D eigenvalue weighted by atomic mass is 32.2. The molecule has 1 aliphatic rings. The Hall–Kier alpha value is -2.35. The predicted molar refractivity (Wildman–Crippen MR) is 116 cm³/mol. The zero-order valence-electron chi connectivity index (χ0n) is 15.9. The molecular weight excluding hydrogens is 372 g/mol. The molecule has 1 saturated heterocycles. The monoisotopic (exact) mass is 398 g/mol. The van der Waals surface area contributed by atoms with Crippen LogP contribution in [0.2, 0.25) is 0 Å². The van der Waals surface area contributed by atoms with Crippen LogP contribution in [0.4, 0.5) is 0 Å². The van der Waals surface area contributed by atoms with Crippen molar-refractivity contribution in [1.82, 2.24) is 4.90 Å². The highest BCUT2D eigenvalue weighted by molar-refractivity contribution is 8.13. The lowest BCUT2D eigenvalue weighted by Crippen LogP contribution is -2.38. The Bertz CT molecular complexity index is 777. The van der Waals surface area contributed by atoms with E-state index < -0.39 is 0 Å². The summed E-state index contributed by atoms with van der Waals surface area (Å²) in [6.45, 7) is 5.11. The number of ether oxygens (including phenoxy) is 2. The maximum absolute atomic E-state index is 5.91. The molecule has 0 spiro atoms. The Balaban J connectivity index is 1.43. The number of hydrogen-bond donors (Lipinski definition) is 1. The van der Waals surface area contributed by atoms with Crippen molar-refractivity contribution >= 4 is 23.1 Å². The van der Waals surface area contributed by atoms with Gasteiger partial charge in [0.15, 0.2) is 5.17 Å². The standard InChI is InChI=1S/C21H26N4O2S/c22-21(28-17-18-5-2-1-3-6-18)24-23-16-19-7-4-8-20(15-19)27-14-11-25-9-12-26-13-10-25/h1-8,15-16H,9-14,17H2,(H2,22,24). The maximum atomic E-state index is 5.91. The topological polar surface area (TPSA) is 72.4 Å². The number of rotatable bonds is 8. The van der Waals surface area contributed by atoms with E-state index >= 15 is 0 Å². The van der Waals surface area contributed by atoms with Gasteiger partial charge in [-0.1, -0.05) is 54.2 Å². The summed E-state index contributed by atoms with van der Waals surface area (Å²) in [4.78, 5) is 2.35. The molecule has 0 aliphatic carbocycles. The second-order valence-electron chi connectivity index (χ2n) is 6.33. The average molecular weight is 399 g/mol. The van der Waals surface area contributed by atoms with Gasteiger partial charge in [-0.15, -0.1) is 5.10 Å². The molecule has 2 aromatic rings. The zero-order valence-corrected chi connectivity index (χ0v) is 16.7. The van der Waals surface area contributed by atoms with E-state index in [2.05, 4.69) is 27.2 Å². The van der Waals surface area contributed by atoms with Gasteiger partial charge in [-0.25, -0.2) is 0 Å². The van der Waals surface area contributed by atoms with Gasteiger partial charge in [0.25, 0.3) is 0 Å². The lowest BCUT2D eigenvalue weighted by molar-refractivity contribution is 0.0322. The average Bonchev–Trinajstić information content (AvgIpc) is 2.74. The molecule has 2 N–H and O–H groups in total. The minimum atomic E-state index is 0.443. The van der Waals surface area contributed by atoms with Crippen LogP contribution in [-0.4, -0.2) is 55.7 Å². The van der Waals surface area contributed by atoms with Crippen molar-refractivity contribution in [1.29, 1.82) is 0 Å². The van der Waals surface area contributed by atoms with Gasteiger partial charge in [0.1, 0.15) is 12.4 Å². The fourth-order valence-electron chi connectivity index (χ4n) is 2.71. The number of amidine groups is 1. The first kappa shape index (κ1) is 20.4. The number of nitrogens with two attached hydrogens (primary N) is 1. The molecule has 1 heterocycles. The number of benzene rings is 2. The van der Waals surface area contributed by atoms with Gasteiger partial charge in [-0.3, -0.25) is 4.90 Å². The Kier molecular flexibility index (Phi) is 8.36. The normalized spacial score (nSPS) is 15.8. The number of hydrogen-bond acceptors (Lipinski definition) is 6. The van der Waals surface area contributed by atoms with E-state index in [1.165, 1.54) is 17.3 Å². The smallest absolute Gasteiger partial charge is 0.180 e. The van der Waals surface area contributed by atoms with Crippen LogP contribution in [0.5, 0.6) is 5.75 Å². The fourth-order valence-corrected chi connectivity index (χ4v) is 3.33. The van der Waals surface area contributed by atoms with Crippen molar-refractivity contribution in [3.05, 3.63) is 65.7 Å². The van der Waals surface area contributed by atoms with Crippen LogP contribution in [0.3, 0.4) is 0 Å². The van der Waals surface area contributed by atoms with Crippen LogP contribution in [-0.2, 0) is 10.5 Å². The maximum Gasteiger partial charge on any atom is 0.180 e. The minimum absolute atomic E-state index is 0.443. The zero-order chi connectivity index (χ0) is 19.4. The van der Waals surface area contributed by atoms with Crippen molar-refractivity contribution in [2.75, 3.05) is 39.5 Å². The second kappa shape index (κ2) is 11.5. The van der Waals surface area contributed by atoms with Gasteiger partial charge >= 0.3 is 0 Å². The first-order valence-corrected chi connectivity index (χ1v) is 10.3. The van der Waals surface area contributed by atoms with Crippen molar-refractivity contribution < 1.29 is 9.47 Å². The van der Waals surface area contributed by atoms with Gasteiger partial charge in [-0.05, 0) is 23.3 Å². The van der Waals surface area contributed by atoms with Crippen molar-refractivity contribution in [3.63, 3.8) is 0 Å². The quantitative estimate of drug-likeness (QED) is 0.420. The molecule has 0 unspecified atom stereocenters. The van der Waals surface area contributed by atoms with Gasteiger partial charge in [-0.2, -0.15) is 5.10 Å². The van der Waals surface area contributed by atoms with E-state index in [4.69, 9.17) is 15.2 Å². The number of nitrogens with zero attached hydrogens (tertiary/aromatic N) is 3. The third-order valence-corrected chi connectivity index (χ3v) is 5.09. The largest absolute Gasteiger partial charge is 0.492 e. The Morgan fingerprint density at radius 2 is 1.96 bits per heavy atom. The van der Waals surface area contributed by atoms with E-state index in [-0.39, 0.29) is 0 Å². The van der Waals surface area contributed by atoms with Gasteiger partial charge in [0.2, 0.25) is 0 Å². The molecule has 6 nitrogen and oxygen atoms in total. The van der Waals surface area contributed by atoms with Crippen molar-refractivity contribution in [3.8, 4) is 5.75 Å². The summed E-state index contributed by atoms with van der Waals surface area (Å²) in [6, 6.07) is 18.0. The molecule has 0 saturated carbocycles. The molecule has 148 valence electrons. The second-order valence-corrected chi connectivity index (χ2v) is 7.33. The van der Waals surface area contributed by atoms with Crippen LogP contribution < -0.4 is 10.5 Å². The Morgan fingerprint density at radius 3 is 2.79 bits per heavy atom. The lowest BCUT2D eigenvalue weighted by atomic mass is 10.2. The predicted octanol–water partition coefficient (Wildman–Crippen LogP) is 2.98. The van der Waals surface area contributed by atoms with Crippen molar-refractivity contribution in [2.45, 2.75) is 5.75 Å². The molecule has 3 rings (SSSR count). The molecule has 0 atom stereocenters. The highest BCUT2D eigenvalue weighted by Crippen LogP contribution is 2.13. The Morgan fingerprint density at radius 1 is 1.14 bits per heavy atom. The van der Waals surface area contributed by atoms with Gasteiger partial charge < -0.3 is 15.2 Å². The SMILES string of the molecule is NC(=NN=Cc1cccc(OCCN2CCOCC2)c1)SCc1ccccc1. The summed E-state index contributed by atoms with van der Waals surface area (Å²) < 4.78 is 11.2. The molecular formula is C21H26N4O2S. The van der Waals surface area contributed by atoms with E-state index in [1.807, 2.05) is 42.5 Å². The summed E-state index contributed by atoms with van der Waals surface area (Å²) in [5.74, 6) is 1.60. The third kappa shape index (κ3) is 7.34. The van der Waals surface area contributed by atoms with Crippen LogP contribution in [0.1, 0.15) is 11.1 Å². The van der Waals surface area contributed by atoms with Crippen LogP contribution in [0.25, 0.3) is 0 Å². The number of thioether (sulfide) groups is 1. The highest BCUT2D eigenvalue weighted by Gasteiger charge is 2.09. The van der Waals surface area contributed by atoms with Crippen LogP contribution >= 0.6 is 11.8 Å². The van der Waals surface area contributed by atoms with E-state index in [0.29, 0.717) is 11.8 Å². The summed E-state index contributed by atoms with van der Waals surface area (Å²) >= 11 is 1.47. The van der Waals surface area contributed by atoms with Crippen molar-refractivity contribution in [2.24, 2.45) is 15.9 Å². The fraction of sp³-hybridized carbons (Fsp3) is 0.333. The molecule has 0 radical (unpaired) electrons. The van der Waals surface area contributed by atoms with Crippen LogP contribution in [0.15, 0.2) is 64.8 Å². The first-order valence-electron chi connectivity index (χ1n) is 9.36. The summed E-state index contributed by atoms with van der Waals surface area (Å²) in [7, 11) is 0. The molecule has 28 heavy (non-hydrogen) atoms. The molecule has 1 fully saturated rings. The van der Waals surface area contributed by atoms with E-state index in [9.17, 15) is 0 Å². The lowest BCUT2D eigenvalue weighted by Gasteiger charge is -2.26. The summed E-state index contributed by atoms with van der Waals surface area (Å²) in [6.07, 6.45) is 1.69. The molecule has 0 aromatic heterocycles. The third-order valence-electron chi connectivity index (χ3n) is 4.23. The minimum Gasteiger partial charge on any atom is -0.492 e. The first-order chi connectivity index (χ1) is 13.8. The van der Waals surface area contributed by atoms with E-state index in [0.717, 1.165) is 49.9 Å². The molecule has 1 aliphatic heterocycles. The van der Waals surface area contributed by atoms with E-state index in [1.54, 1.807) is 6.21 Å². The van der Waals surface area contributed by atoms with Crippen LogP contribution in [0, 0.1) is 0 Å².